The highest BCUT2D eigenvalue weighted by atomic mass is 35.5. The predicted molar refractivity (Wildman–Crippen MR) is 87.8 cm³/mol. The first-order valence-corrected chi connectivity index (χ1v) is 8.17. The minimum absolute atomic E-state index is 0.506. The van der Waals surface area contributed by atoms with Gasteiger partial charge in [-0.15, -0.1) is 11.3 Å². The van der Waals surface area contributed by atoms with Gasteiger partial charge in [-0.2, -0.15) is 0 Å². The van der Waals surface area contributed by atoms with Crippen molar-refractivity contribution in [2.24, 2.45) is 0 Å². The van der Waals surface area contributed by atoms with Crippen LogP contribution in [-0.2, 0) is 0 Å². The summed E-state index contributed by atoms with van der Waals surface area (Å²) in [7, 11) is 0. The molecule has 0 radical (unpaired) electrons. The molecular weight excluding hydrogens is 306 g/mol. The zero-order valence-corrected chi connectivity index (χ0v) is 14.0. The average Bonchev–Trinajstić information content (AvgIpc) is 2.78. The van der Waals surface area contributed by atoms with E-state index in [9.17, 15) is 0 Å². The number of nitrogens with zero attached hydrogens (tertiary/aromatic N) is 5. The Labute approximate surface area is 133 Å². The highest BCUT2D eigenvalue weighted by Gasteiger charge is 2.21. The number of hydrogen-bond acceptors (Lipinski definition) is 6. The van der Waals surface area contributed by atoms with Crippen LogP contribution in [0, 0.1) is 20.8 Å². The molecule has 1 aliphatic rings. The van der Waals surface area contributed by atoms with Gasteiger partial charge in [0.05, 0.1) is 5.69 Å². The van der Waals surface area contributed by atoms with Crippen LogP contribution in [0.5, 0.6) is 0 Å². The molecule has 3 heterocycles. The van der Waals surface area contributed by atoms with Crippen molar-refractivity contribution in [2.45, 2.75) is 20.8 Å². The molecule has 1 aliphatic heterocycles. The second kappa shape index (κ2) is 5.77. The Morgan fingerprint density at radius 3 is 2.24 bits per heavy atom. The topological polar surface area (TPSA) is 45.2 Å². The average molecular weight is 324 g/mol. The molecule has 2 aromatic rings. The fraction of sp³-hybridized carbons (Fsp3) is 0.500. The van der Waals surface area contributed by atoms with E-state index >= 15 is 0 Å². The fourth-order valence-corrected chi connectivity index (χ4v) is 3.58. The van der Waals surface area contributed by atoms with Gasteiger partial charge in [0.25, 0.3) is 0 Å². The van der Waals surface area contributed by atoms with Crippen LogP contribution < -0.4 is 9.80 Å². The van der Waals surface area contributed by atoms with Crippen LogP contribution in [0.25, 0.3) is 0 Å². The molecule has 0 saturated carbocycles. The normalized spacial score (nSPS) is 15.6. The minimum Gasteiger partial charge on any atom is -0.353 e. The number of halogens is 1. The number of aryl methyl sites for hydroxylation is 3. The van der Waals surface area contributed by atoms with E-state index < -0.39 is 0 Å². The van der Waals surface area contributed by atoms with E-state index in [2.05, 4.69) is 38.6 Å². The van der Waals surface area contributed by atoms with Crippen molar-refractivity contribution < 1.29 is 0 Å². The zero-order valence-electron chi connectivity index (χ0n) is 12.4. The standard InChI is InChI=1S/C14H18ClN5S/c1-9-10(2)21-14(16-9)20-6-4-19(5-7-20)13-8-12(15)17-11(3)18-13/h8H,4-7H2,1-3H3. The maximum absolute atomic E-state index is 6.02. The highest BCUT2D eigenvalue weighted by Crippen LogP contribution is 2.27. The molecule has 7 heteroatoms. The van der Waals surface area contributed by atoms with Gasteiger partial charge < -0.3 is 9.80 Å². The van der Waals surface area contributed by atoms with Crippen molar-refractivity contribution >= 4 is 33.9 Å². The Kier molecular flexibility index (Phi) is 3.99. The molecule has 2 aromatic heterocycles. The van der Waals surface area contributed by atoms with E-state index in [4.69, 9.17) is 11.6 Å². The summed E-state index contributed by atoms with van der Waals surface area (Å²) in [5, 5.41) is 1.63. The van der Waals surface area contributed by atoms with Gasteiger partial charge in [0.2, 0.25) is 0 Å². The number of anilines is 2. The molecular formula is C14H18ClN5S. The fourth-order valence-electron chi connectivity index (χ4n) is 2.40. The molecule has 0 atom stereocenters. The Morgan fingerprint density at radius 2 is 1.67 bits per heavy atom. The summed E-state index contributed by atoms with van der Waals surface area (Å²) < 4.78 is 0. The molecule has 0 bridgehead atoms. The van der Waals surface area contributed by atoms with Crippen molar-refractivity contribution in [3.63, 3.8) is 0 Å². The molecule has 5 nitrogen and oxygen atoms in total. The monoisotopic (exact) mass is 323 g/mol. The molecule has 0 aliphatic carbocycles. The molecule has 0 unspecified atom stereocenters. The Morgan fingerprint density at radius 1 is 1.00 bits per heavy atom. The van der Waals surface area contributed by atoms with Gasteiger partial charge in [-0.25, -0.2) is 15.0 Å². The maximum atomic E-state index is 6.02. The smallest absolute Gasteiger partial charge is 0.185 e. The summed E-state index contributed by atoms with van der Waals surface area (Å²) in [4.78, 5) is 19.1. The van der Waals surface area contributed by atoms with E-state index in [-0.39, 0.29) is 0 Å². The molecule has 0 amide bonds. The van der Waals surface area contributed by atoms with Crippen molar-refractivity contribution in [1.29, 1.82) is 0 Å². The van der Waals surface area contributed by atoms with Crippen molar-refractivity contribution in [2.75, 3.05) is 36.0 Å². The lowest BCUT2D eigenvalue weighted by atomic mass is 10.3. The van der Waals surface area contributed by atoms with Gasteiger partial charge in [-0.05, 0) is 20.8 Å². The second-order valence-corrected chi connectivity index (χ2v) is 6.78. The lowest BCUT2D eigenvalue weighted by Gasteiger charge is -2.35. The number of hydrogen-bond donors (Lipinski definition) is 0. The van der Waals surface area contributed by atoms with Crippen LogP contribution in [0.15, 0.2) is 6.07 Å². The van der Waals surface area contributed by atoms with E-state index in [1.165, 1.54) is 4.88 Å². The molecule has 0 aromatic carbocycles. The second-order valence-electron chi connectivity index (χ2n) is 5.21. The lowest BCUT2D eigenvalue weighted by Crippen LogP contribution is -2.46. The number of thiazole rings is 1. The summed E-state index contributed by atoms with van der Waals surface area (Å²) in [5.74, 6) is 1.63. The quantitative estimate of drug-likeness (QED) is 0.795. The number of aromatic nitrogens is 3. The third kappa shape index (κ3) is 3.11. The van der Waals surface area contributed by atoms with E-state index in [0.717, 1.165) is 42.8 Å². The minimum atomic E-state index is 0.506. The van der Waals surface area contributed by atoms with Gasteiger partial charge in [0.15, 0.2) is 5.13 Å². The van der Waals surface area contributed by atoms with Crippen molar-refractivity contribution in [3.05, 3.63) is 27.6 Å². The summed E-state index contributed by atoms with van der Waals surface area (Å²) in [6.07, 6.45) is 0. The SMILES string of the molecule is Cc1nc(Cl)cc(N2CCN(c3nc(C)c(C)s3)CC2)n1. The van der Waals surface area contributed by atoms with Crippen LogP contribution >= 0.6 is 22.9 Å². The lowest BCUT2D eigenvalue weighted by molar-refractivity contribution is 0.644. The van der Waals surface area contributed by atoms with E-state index in [1.54, 1.807) is 11.3 Å². The summed E-state index contributed by atoms with van der Waals surface area (Å²) >= 11 is 7.79. The third-order valence-corrected chi connectivity index (χ3v) is 5.01. The zero-order chi connectivity index (χ0) is 15.0. The van der Waals surface area contributed by atoms with Gasteiger partial charge >= 0.3 is 0 Å². The van der Waals surface area contributed by atoms with Crippen LogP contribution in [-0.4, -0.2) is 41.1 Å². The summed E-state index contributed by atoms with van der Waals surface area (Å²) in [5.41, 5.74) is 1.13. The molecule has 1 saturated heterocycles. The van der Waals surface area contributed by atoms with E-state index in [1.807, 2.05) is 13.0 Å². The molecule has 0 N–H and O–H groups in total. The predicted octanol–water partition coefficient (Wildman–Crippen LogP) is 2.84. The molecule has 112 valence electrons. The number of rotatable bonds is 2. The Balaban J connectivity index is 1.70. The first-order chi connectivity index (χ1) is 10.0. The van der Waals surface area contributed by atoms with Gasteiger partial charge in [-0.3, -0.25) is 0 Å². The maximum Gasteiger partial charge on any atom is 0.185 e. The summed E-state index contributed by atoms with van der Waals surface area (Å²) in [6, 6.07) is 1.84. The van der Waals surface area contributed by atoms with Gasteiger partial charge in [0.1, 0.15) is 16.8 Å². The molecule has 1 fully saturated rings. The van der Waals surface area contributed by atoms with Crippen LogP contribution in [0.4, 0.5) is 10.9 Å². The summed E-state index contributed by atoms with van der Waals surface area (Å²) in [6.45, 7) is 9.80. The molecule has 0 spiro atoms. The Hall–Kier alpha value is -1.40. The van der Waals surface area contributed by atoms with Gasteiger partial charge in [0, 0.05) is 37.1 Å². The first kappa shape index (κ1) is 14.5. The first-order valence-electron chi connectivity index (χ1n) is 6.98. The largest absolute Gasteiger partial charge is 0.353 e. The highest BCUT2D eigenvalue weighted by molar-refractivity contribution is 7.15. The van der Waals surface area contributed by atoms with Crippen LogP contribution in [0.2, 0.25) is 5.15 Å². The number of piperazine rings is 1. The van der Waals surface area contributed by atoms with Gasteiger partial charge in [-0.1, -0.05) is 11.6 Å². The van der Waals surface area contributed by atoms with Crippen LogP contribution in [0.1, 0.15) is 16.4 Å². The van der Waals surface area contributed by atoms with Crippen LogP contribution in [0.3, 0.4) is 0 Å². The molecule has 21 heavy (non-hydrogen) atoms. The Bertz CT molecular complexity index is 609. The van der Waals surface area contributed by atoms with Crippen molar-refractivity contribution in [3.8, 4) is 0 Å². The third-order valence-electron chi connectivity index (χ3n) is 3.68. The molecule has 3 rings (SSSR count). The van der Waals surface area contributed by atoms with Crippen molar-refractivity contribution in [1.82, 2.24) is 15.0 Å². The van der Waals surface area contributed by atoms with E-state index in [0.29, 0.717) is 11.0 Å².